The van der Waals surface area contributed by atoms with E-state index in [0.29, 0.717) is 21.3 Å². The Balaban J connectivity index is 1.58. The largest absolute Gasteiger partial charge is 0.497 e. The fourth-order valence-electron chi connectivity index (χ4n) is 3.77. The number of halogens is 1. The fourth-order valence-corrected chi connectivity index (χ4v) is 6.30. The number of benzene rings is 3. The Morgan fingerprint density at radius 1 is 1.06 bits per heavy atom. The number of nitrogens with zero attached hydrogens (tertiary/aromatic N) is 1. The first-order valence-corrected chi connectivity index (χ1v) is 13.6. The Labute approximate surface area is 214 Å². The van der Waals surface area contributed by atoms with Crippen molar-refractivity contribution in [3.05, 3.63) is 88.3 Å². The van der Waals surface area contributed by atoms with Crippen LogP contribution in [0, 0.1) is 0 Å². The minimum Gasteiger partial charge on any atom is -0.497 e. The van der Waals surface area contributed by atoms with Crippen molar-refractivity contribution in [1.29, 1.82) is 0 Å². The molecule has 0 bridgehead atoms. The Morgan fingerprint density at radius 3 is 2.37 bits per heavy atom. The van der Waals surface area contributed by atoms with E-state index in [2.05, 4.69) is 5.32 Å². The molecule has 0 radical (unpaired) electrons. The number of hydrogen-bond donors (Lipinski definition) is 1. The summed E-state index contributed by atoms with van der Waals surface area (Å²) in [6.45, 7) is 3.96. The molecule has 1 amide bonds. The third kappa shape index (κ3) is 5.29. The third-order valence-corrected chi connectivity index (χ3v) is 8.95. The number of carbonyl (C=O) groups is 1. The number of amides is 1. The van der Waals surface area contributed by atoms with Crippen LogP contribution in [0.3, 0.4) is 0 Å². The predicted molar refractivity (Wildman–Crippen MR) is 142 cm³/mol. The zero-order valence-electron chi connectivity index (χ0n) is 19.5. The summed E-state index contributed by atoms with van der Waals surface area (Å²) in [6, 6.07) is 20.7. The molecule has 1 unspecified atom stereocenters. The van der Waals surface area contributed by atoms with Gasteiger partial charge in [0.25, 0.3) is 15.9 Å². The highest BCUT2D eigenvalue weighted by Crippen LogP contribution is 2.32. The summed E-state index contributed by atoms with van der Waals surface area (Å²) < 4.78 is 34.0. The summed E-state index contributed by atoms with van der Waals surface area (Å²) in [7, 11) is -2.23. The number of methoxy groups -OCH3 is 1. The lowest BCUT2D eigenvalue weighted by molar-refractivity contribution is 0.0944. The van der Waals surface area contributed by atoms with Gasteiger partial charge in [-0.1, -0.05) is 23.7 Å². The highest BCUT2D eigenvalue weighted by molar-refractivity contribution is 7.92. The van der Waals surface area contributed by atoms with Crippen molar-refractivity contribution in [3.63, 3.8) is 0 Å². The molecule has 0 saturated heterocycles. The lowest BCUT2D eigenvalue weighted by atomic mass is 10.1. The lowest BCUT2D eigenvalue weighted by Crippen LogP contribution is -2.30. The number of nitrogens with one attached hydrogen (secondary N) is 1. The number of sulfonamides is 1. The first-order valence-electron chi connectivity index (χ1n) is 11.0. The van der Waals surface area contributed by atoms with E-state index in [1.54, 1.807) is 49.4 Å². The maximum Gasteiger partial charge on any atom is 0.264 e. The summed E-state index contributed by atoms with van der Waals surface area (Å²) in [4.78, 5) is 13.6. The standard InChI is InChI=1S/C26H25ClN2O4S2/c1-4-29(35(31,32)23-12-10-22(33-3)11-13-23)21-9-14-24-19(15-21)16-25(34-24)26(30)28-17(2)18-5-7-20(27)8-6-18/h5-17H,4H2,1-3H3,(H,28,30). The second-order valence-corrected chi connectivity index (χ2v) is 11.3. The van der Waals surface area contributed by atoms with Gasteiger partial charge in [-0.2, -0.15) is 0 Å². The van der Waals surface area contributed by atoms with Crippen molar-refractivity contribution in [2.75, 3.05) is 18.0 Å². The molecule has 0 fully saturated rings. The van der Waals surface area contributed by atoms with Gasteiger partial charge >= 0.3 is 0 Å². The second-order valence-electron chi connectivity index (χ2n) is 7.92. The van der Waals surface area contributed by atoms with Crippen LogP contribution < -0.4 is 14.4 Å². The van der Waals surface area contributed by atoms with Crippen molar-refractivity contribution in [2.45, 2.75) is 24.8 Å². The van der Waals surface area contributed by atoms with E-state index in [0.717, 1.165) is 15.6 Å². The third-order valence-electron chi connectivity index (χ3n) is 5.66. The zero-order valence-corrected chi connectivity index (χ0v) is 21.9. The second kappa shape index (κ2) is 10.3. The lowest BCUT2D eigenvalue weighted by Gasteiger charge is -2.23. The molecule has 0 saturated carbocycles. The van der Waals surface area contributed by atoms with Crippen LogP contribution in [0.2, 0.25) is 5.02 Å². The quantitative estimate of drug-likeness (QED) is 0.292. The van der Waals surface area contributed by atoms with E-state index in [9.17, 15) is 13.2 Å². The molecule has 182 valence electrons. The molecule has 4 rings (SSSR count). The number of rotatable bonds is 8. The van der Waals surface area contributed by atoms with E-state index in [1.807, 2.05) is 25.1 Å². The maximum atomic E-state index is 13.3. The van der Waals surface area contributed by atoms with Crippen LogP contribution in [0.1, 0.15) is 35.1 Å². The molecule has 0 aliphatic carbocycles. The maximum absolute atomic E-state index is 13.3. The Morgan fingerprint density at radius 2 is 1.74 bits per heavy atom. The molecule has 6 nitrogen and oxygen atoms in total. The Hall–Kier alpha value is -3.07. The molecule has 3 aromatic carbocycles. The van der Waals surface area contributed by atoms with Gasteiger partial charge in [-0.25, -0.2) is 8.42 Å². The average Bonchev–Trinajstić information content (AvgIpc) is 3.28. The molecular weight excluding hydrogens is 504 g/mol. The van der Waals surface area contributed by atoms with Gasteiger partial charge in [0, 0.05) is 16.3 Å². The van der Waals surface area contributed by atoms with E-state index < -0.39 is 10.0 Å². The molecule has 0 aliphatic rings. The van der Waals surface area contributed by atoms with E-state index in [4.69, 9.17) is 16.3 Å². The SMILES string of the molecule is CCN(c1ccc2sc(C(=O)NC(C)c3ccc(Cl)cc3)cc2c1)S(=O)(=O)c1ccc(OC)cc1. The van der Waals surface area contributed by atoms with Crippen LogP contribution in [0.15, 0.2) is 77.7 Å². The fraction of sp³-hybridized carbons (Fsp3) is 0.192. The van der Waals surface area contributed by atoms with Crippen LogP contribution in [-0.4, -0.2) is 28.0 Å². The van der Waals surface area contributed by atoms with Crippen LogP contribution in [0.4, 0.5) is 5.69 Å². The number of fused-ring (bicyclic) bond motifs is 1. The molecule has 1 aromatic heterocycles. The number of anilines is 1. The van der Waals surface area contributed by atoms with Gasteiger partial charge in [-0.05, 0) is 85.5 Å². The molecule has 0 aliphatic heterocycles. The number of thiophene rings is 1. The van der Waals surface area contributed by atoms with E-state index >= 15 is 0 Å². The van der Waals surface area contributed by atoms with Crippen molar-refractivity contribution in [1.82, 2.24) is 5.32 Å². The molecule has 1 heterocycles. The van der Waals surface area contributed by atoms with Crippen LogP contribution in [0.25, 0.3) is 10.1 Å². The van der Waals surface area contributed by atoms with Gasteiger partial charge < -0.3 is 10.1 Å². The highest BCUT2D eigenvalue weighted by atomic mass is 35.5. The van der Waals surface area contributed by atoms with Crippen LogP contribution >= 0.6 is 22.9 Å². The van der Waals surface area contributed by atoms with Gasteiger partial charge in [-0.3, -0.25) is 9.10 Å². The van der Waals surface area contributed by atoms with Gasteiger partial charge in [-0.15, -0.1) is 11.3 Å². The van der Waals surface area contributed by atoms with Gasteiger partial charge in [0.05, 0.1) is 28.6 Å². The minimum atomic E-state index is -3.76. The zero-order chi connectivity index (χ0) is 25.2. The smallest absolute Gasteiger partial charge is 0.264 e. The van der Waals surface area contributed by atoms with Crippen molar-refractivity contribution in [3.8, 4) is 5.75 Å². The summed E-state index contributed by atoms with van der Waals surface area (Å²) in [5, 5.41) is 4.46. The van der Waals surface area contributed by atoms with E-state index in [1.165, 1.54) is 34.9 Å². The average molecular weight is 529 g/mol. The van der Waals surface area contributed by atoms with Crippen molar-refractivity contribution in [2.24, 2.45) is 0 Å². The summed E-state index contributed by atoms with van der Waals surface area (Å²) >= 11 is 7.32. The van der Waals surface area contributed by atoms with Crippen molar-refractivity contribution >= 4 is 54.6 Å². The first-order chi connectivity index (χ1) is 16.7. The highest BCUT2D eigenvalue weighted by Gasteiger charge is 2.24. The molecule has 1 atom stereocenters. The Kier molecular flexibility index (Phi) is 7.35. The summed E-state index contributed by atoms with van der Waals surface area (Å²) in [5.74, 6) is 0.399. The monoisotopic (exact) mass is 528 g/mol. The minimum absolute atomic E-state index is 0.182. The Bertz CT molecular complexity index is 1450. The van der Waals surface area contributed by atoms with Gasteiger partial charge in [0.1, 0.15) is 5.75 Å². The first kappa shape index (κ1) is 25.0. The molecule has 4 aromatic rings. The summed E-state index contributed by atoms with van der Waals surface area (Å²) in [6.07, 6.45) is 0. The topological polar surface area (TPSA) is 75.7 Å². The normalized spacial score (nSPS) is 12.3. The number of hydrogen-bond acceptors (Lipinski definition) is 5. The molecule has 9 heteroatoms. The molecule has 35 heavy (non-hydrogen) atoms. The van der Waals surface area contributed by atoms with Crippen LogP contribution in [0.5, 0.6) is 5.75 Å². The van der Waals surface area contributed by atoms with E-state index in [-0.39, 0.29) is 23.4 Å². The predicted octanol–water partition coefficient (Wildman–Crippen LogP) is 6.27. The van der Waals surface area contributed by atoms with Crippen LogP contribution in [-0.2, 0) is 10.0 Å². The molecular formula is C26H25ClN2O4S2. The van der Waals surface area contributed by atoms with Gasteiger partial charge in [0.2, 0.25) is 0 Å². The molecule has 1 N–H and O–H groups in total. The summed E-state index contributed by atoms with van der Waals surface area (Å²) in [5.41, 5.74) is 1.49. The van der Waals surface area contributed by atoms with Crippen molar-refractivity contribution < 1.29 is 17.9 Å². The molecule has 0 spiro atoms. The number of ether oxygens (including phenoxy) is 1. The number of carbonyl (C=O) groups excluding carboxylic acids is 1. The van der Waals surface area contributed by atoms with Gasteiger partial charge in [0.15, 0.2) is 0 Å².